The Balaban J connectivity index is 1.60. The number of aromatic nitrogens is 5. The van der Waals surface area contributed by atoms with Crippen molar-refractivity contribution in [3.63, 3.8) is 0 Å². The molecule has 150 valence electrons. The lowest BCUT2D eigenvalue weighted by Gasteiger charge is -2.10. The maximum atomic E-state index is 12.9. The third-order valence-electron chi connectivity index (χ3n) is 5.03. The van der Waals surface area contributed by atoms with Crippen LogP contribution in [0.15, 0.2) is 64.5 Å². The SMILES string of the molecule is CCCn1c(=O)c2ccccc2n2c(SCc3cc4ccccc4nc3Cl)nnc12. The minimum absolute atomic E-state index is 0.0364. The second kappa shape index (κ2) is 7.74. The van der Waals surface area contributed by atoms with Gasteiger partial charge in [0, 0.05) is 23.2 Å². The Kier molecular flexibility index (Phi) is 4.92. The first-order valence-corrected chi connectivity index (χ1v) is 11.1. The van der Waals surface area contributed by atoms with Gasteiger partial charge in [0.1, 0.15) is 5.15 Å². The fourth-order valence-corrected chi connectivity index (χ4v) is 4.84. The average Bonchev–Trinajstić information content (AvgIpc) is 3.19. The molecular formula is C22H18ClN5OS. The molecule has 0 fully saturated rings. The van der Waals surface area contributed by atoms with Crippen molar-refractivity contribution in [3.05, 3.63) is 75.7 Å². The molecule has 0 atom stereocenters. The fraction of sp³-hybridized carbons (Fsp3) is 0.182. The van der Waals surface area contributed by atoms with Crippen LogP contribution in [0.1, 0.15) is 18.9 Å². The molecule has 0 N–H and O–H groups in total. The van der Waals surface area contributed by atoms with Gasteiger partial charge in [-0.3, -0.25) is 13.8 Å². The Labute approximate surface area is 181 Å². The van der Waals surface area contributed by atoms with Crippen molar-refractivity contribution in [1.82, 2.24) is 24.1 Å². The second-order valence-electron chi connectivity index (χ2n) is 7.01. The molecule has 30 heavy (non-hydrogen) atoms. The van der Waals surface area contributed by atoms with Gasteiger partial charge in [0.25, 0.3) is 5.56 Å². The van der Waals surface area contributed by atoms with E-state index >= 15 is 0 Å². The first-order chi connectivity index (χ1) is 14.7. The fourth-order valence-electron chi connectivity index (χ4n) is 3.63. The Bertz CT molecular complexity index is 1460. The predicted molar refractivity (Wildman–Crippen MR) is 121 cm³/mol. The summed E-state index contributed by atoms with van der Waals surface area (Å²) in [5.74, 6) is 1.16. The minimum Gasteiger partial charge on any atom is -0.276 e. The normalized spacial score (nSPS) is 11.7. The number of pyridine rings is 1. The average molecular weight is 436 g/mol. The topological polar surface area (TPSA) is 65.1 Å². The van der Waals surface area contributed by atoms with E-state index in [4.69, 9.17) is 11.6 Å². The van der Waals surface area contributed by atoms with Crippen LogP contribution in [0.3, 0.4) is 0 Å². The molecule has 6 nitrogen and oxygen atoms in total. The highest BCUT2D eigenvalue weighted by atomic mass is 35.5. The molecule has 3 heterocycles. The number of hydrogen-bond acceptors (Lipinski definition) is 5. The lowest BCUT2D eigenvalue weighted by atomic mass is 10.2. The van der Waals surface area contributed by atoms with E-state index < -0.39 is 0 Å². The van der Waals surface area contributed by atoms with Gasteiger partial charge in [-0.05, 0) is 30.7 Å². The maximum absolute atomic E-state index is 12.9. The predicted octanol–water partition coefficient (Wildman–Crippen LogP) is 4.95. The van der Waals surface area contributed by atoms with Gasteiger partial charge in [0.2, 0.25) is 5.78 Å². The molecule has 0 spiro atoms. The van der Waals surface area contributed by atoms with Gasteiger partial charge in [-0.15, -0.1) is 10.2 Å². The number of hydrogen-bond donors (Lipinski definition) is 0. The number of rotatable bonds is 5. The van der Waals surface area contributed by atoms with Gasteiger partial charge in [-0.25, -0.2) is 4.98 Å². The third kappa shape index (κ3) is 3.14. The van der Waals surface area contributed by atoms with E-state index in [2.05, 4.69) is 21.2 Å². The van der Waals surface area contributed by atoms with E-state index in [1.54, 1.807) is 4.57 Å². The van der Waals surface area contributed by atoms with Crippen LogP contribution in [0.4, 0.5) is 0 Å². The van der Waals surface area contributed by atoms with Crippen molar-refractivity contribution in [2.75, 3.05) is 0 Å². The molecular weight excluding hydrogens is 418 g/mol. The number of fused-ring (bicyclic) bond motifs is 4. The highest BCUT2D eigenvalue weighted by Crippen LogP contribution is 2.29. The zero-order chi connectivity index (χ0) is 20.7. The van der Waals surface area contributed by atoms with E-state index in [9.17, 15) is 4.79 Å². The zero-order valence-electron chi connectivity index (χ0n) is 16.2. The summed E-state index contributed by atoms with van der Waals surface area (Å²) in [7, 11) is 0. The molecule has 0 aliphatic carbocycles. The highest BCUT2D eigenvalue weighted by molar-refractivity contribution is 7.98. The monoisotopic (exact) mass is 435 g/mol. The van der Waals surface area contributed by atoms with Gasteiger partial charge in [-0.1, -0.05) is 60.6 Å². The summed E-state index contributed by atoms with van der Waals surface area (Å²) in [6.07, 6.45) is 0.835. The quantitative estimate of drug-likeness (QED) is 0.288. The third-order valence-corrected chi connectivity index (χ3v) is 6.34. The van der Waals surface area contributed by atoms with Crippen LogP contribution >= 0.6 is 23.4 Å². The van der Waals surface area contributed by atoms with Gasteiger partial charge < -0.3 is 0 Å². The van der Waals surface area contributed by atoms with Crippen LogP contribution in [-0.4, -0.2) is 24.1 Å². The molecule has 3 aromatic heterocycles. The Morgan fingerprint density at radius 3 is 2.73 bits per heavy atom. The van der Waals surface area contributed by atoms with Crippen LogP contribution < -0.4 is 5.56 Å². The van der Waals surface area contributed by atoms with Crippen LogP contribution in [-0.2, 0) is 12.3 Å². The van der Waals surface area contributed by atoms with Crippen molar-refractivity contribution < 1.29 is 0 Å². The van der Waals surface area contributed by atoms with Crippen molar-refractivity contribution in [2.24, 2.45) is 0 Å². The number of thioether (sulfide) groups is 1. The largest absolute Gasteiger partial charge is 0.276 e. The molecule has 0 aliphatic rings. The number of benzene rings is 2. The molecule has 5 aromatic rings. The highest BCUT2D eigenvalue weighted by Gasteiger charge is 2.17. The summed E-state index contributed by atoms with van der Waals surface area (Å²) in [5, 5.41) is 11.6. The smallest absolute Gasteiger partial charge is 0.262 e. The summed E-state index contributed by atoms with van der Waals surface area (Å²) in [4.78, 5) is 17.4. The minimum atomic E-state index is -0.0364. The molecule has 0 amide bonds. The van der Waals surface area contributed by atoms with E-state index in [1.165, 1.54) is 11.8 Å². The van der Waals surface area contributed by atoms with Gasteiger partial charge in [0.15, 0.2) is 5.16 Å². The van der Waals surface area contributed by atoms with E-state index in [1.807, 2.05) is 59.9 Å². The Morgan fingerprint density at radius 1 is 1.07 bits per heavy atom. The molecule has 0 unspecified atom stereocenters. The maximum Gasteiger partial charge on any atom is 0.262 e. The van der Waals surface area contributed by atoms with E-state index in [0.717, 1.165) is 33.6 Å². The molecule has 0 radical (unpaired) electrons. The Hall–Kier alpha value is -2.90. The van der Waals surface area contributed by atoms with Crippen LogP contribution in [0.5, 0.6) is 0 Å². The summed E-state index contributed by atoms with van der Waals surface area (Å²) in [6, 6.07) is 17.5. The summed E-state index contributed by atoms with van der Waals surface area (Å²) < 4.78 is 3.66. The lowest BCUT2D eigenvalue weighted by molar-refractivity contribution is 0.662. The summed E-state index contributed by atoms with van der Waals surface area (Å²) in [5.41, 5.74) is 2.58. The molecule has 0 bridgehead atoms. The summed E-state index contributed by atoms with van der Waals surface area (Å²) in [6.45, 7) is 2.63. The van der Waals surface area contributed by atoms with Crippen molar-refractivity contribution in [1.29, 1.82) is 0 Å². The van der Waals surface area contributed by atoms with Crippen LogP contribution in [0, 0.1) is 0 Å². The first kappa shape index (κ1) is 19.1. The van der Waals surface area contributed by atoms with Crippen molar-refractivity contribution in [3.8, 4) is 0 Å². The van der Waals surface area contributed by atoms with Crippen LogP contribution in [0.25, 0.3) is 27.6 Å². The molecule has 8 heteroatoms. The number of aryl methyl sites for hydroxylation is 1. The molecule has 0 saturated carbocycles. The van der Waals surface area contributed by atoms with E-state index in [-0.39, 0.29) is 5.56 Å². The van der Waals surface area contributed by atoms with Gasteiger partial charge in [-0.2, -0.15) is 0 Å². The van der Waals surface area contributed by atoms with Crippen LogP contribution in [0.2, 0.25) is 5.15 Å². The molecule has 0 saturated heterocycles. The van der Waals surface area contributed by atoms with Gasteiger partial charge in [0.05, 0.1) is 16.4 Å². The number of nitrogens with zero attached hydrogens (tertiary/aromatic N) is 5. The van der Waals surface area contributed by atoms with E-state index in [0.29, 0.717) is 28.6 Å². The summed E-state index contributed by atoms with van der Waals surface area (Å²) >= 11 is 7.96. The number of halogens is 1. The number of para-hydroxylation sites is 2. The Morgan fingerprint density at radius 2 is 1.87 bits per heavy atom. The second-order valence-corrected chi connectivity index (χ2v) is 8.31. The molecule has 2 aromatic carbocycles. The zero-order valence-corrected chi connectivity index (χ0v) is 17.8. The van der Waals surface area contributed by atoms with Crippen molar-refractivity contribution in [2.45, 2.75) is 30.8 Å². The standard InChI is InChI=1S/C22H18ClN5OS/c1-2-11-27-20(29)16-8-4-6-10-18(16)28-21(27)25-26-22(28)30-13-15-12-14-7-3-5-9-17(14)24-19(15)23/h3-10,12H,2,11,13H2,1H3. The van der Waals surface area contributed by atoms with Gasteiger partial charge >= 0.3 is 0 Å². The van der Waals surface area contributed by atoms with Crippen molar-refractivity contribution >= 4 is 50.9 Å². The first-order valence-electron chi connectivity index (χ1n) is 9.71. The molecule has 0 aliphatic heterocycles. The molecule has 5 rings (SSSR count). The lowest BCUT2D eigenvalue weighted by Crippen LogP contribution is -2.23.